The van der Waals surface area contributed by atoms with E-state index in [1.54, 1.807) is 6.20 Å². The van der Waals surface area contributed by atoms with E-state index in [1.807, 2.05) is 36.7 Å². The highest BCUT2D eigenvalue weighted by Crippen LogP contribution is 2.28. The molecule has 2 N–H and O–H groups in total. The van der Waals surface area contributed by atoms with Crippen molar-refractivity contribution in [2.24, 2.45) is 0 Å². The number of carbonyl (C=O) groups is 1. The number of piperazine rings is 1. The highest BCUT2D eigenvalue weighted by atomic mass is 16.3. The maximum atomic E-state index is 12.9. The molecule has 39 heavy (non-hydrogen) atoms. The van der Waals surface area contributed by atoms with Gasteiger partial charge in [-0.3, -0.25) is 14.6 Å². The molecule has 2 saturated heterocycles. The number of hydrogen-bond donors (Lipinski definition) is 2. The zero-order valence-corrected chi connectivity index (χ0v) is 22.4. The second-order valence-corrected chi connectivity index (χ2v) is 11.0. The first-order valence-electron chi connectivity index (χ1n) is 14.1. The minimum Gasteiger partial charge on any atom is -0.395 e. The van der Waals surface area contributed by atoms with Crippen molar-refractivity contribution in [3.8, 4) is 11.1 Å². The summed E-state index contributed by atoms with van der Waals surface area (Å²) in [4.78, 5) is 33.7. The minimum absolute atomic E-state index is 0.0136. The molecule has 2 fully saturated rings. The van der Waals surface area contributed by atoms with Crippen molar-refractivity contribution in [1.29, 1.82) is 0 Å². The van der Waals surface area contributed by atoms with E-state index in [0.717, 1.165) is 80.4 Å². The number of aromatic nitrogens is 3. The van der Waals surface area contributed by atoms with Crippen LogP contribution in [0.1, 0.15) is 37.7 Å². The number of rotatable bonds is 1. The molecule has 9 nitrogen and oxygen atoms in total. The molecule has 4 unspecified atom stereocenters. The third-order valence-electron chi connectivity index (χ3n) is 8.24. The van der Waals surface area contributed by atoms with Gasteiger partial charge in [0.25, 0.3) is 0 Å². The molecule has 9 rings (SSSR count). The van der Waals surface area contributed by atoms with Crippen molar-refractivity contribution in [1.82, 2.24) is 24.8 Å². The van der Waals surface area contributed by atoms with Crippen LogP contribution in [-0.2, 0) is 11.3 Å². The summed E-state index contributed by atoms with van der Waals surface area (Å²) in [6.07, 6.45) is 10.3. The summed E-state index contributed by atoms with van der Waals surface area (Å²) in [5.74, 6) is 1.82. The van der Waals surface area contributed by atoms with Gasteiger partial charge in [0.2, 0.25) is 5.95 Å². The van der Waals surface area contributed by atoms with Gasteiger partial charge >= 0.3 is 0 Å². The van der Waals surface area contributed by atoms with Crippen LogP contribution in [0.25, 0.3) is 11.1 Å². The fourth-order valence-corrected chi connectivity index (χ4v) is 6.17. The summed E-state index contributed by atoms with van der Waals surface area (Å²) in [5, 5.41) is 13.6. The average molecular weight is 528 g/mol. The second kappa shape index (κ2) is 11.8. The highest BCUT2D eigenvalue weighted by molar-refractivity contribution is 5.80. The Morgan fingerprint density at radius 3 is 2.69 bits per heavy atom. The molecule has 6 aliphatic rings. The van der Waals surface area contributed by atoms with Gasteiger partial charge in [0, 0.05) is 81.1 Å². The first kappa shape index (κ1) is 25.9. The molecule has 9 heteroatoms. The van der Waals surface area contributed by atoms with Gasteiger partial charge < -0.3 is 15.3 Å². The fourth-order valence-electron chi connectivity index (χ4n) is 6.17. The number of anilines is 3. The maximum absolute atomic E-state index is 12.9. The molecule has 0 aliphatic carbocycles. The number of Topliss-reactive ketones (excluding diaryl/α,β-unsaturated/α-hetero) is 1. The van der Waals surface area contributed by atoms with Crippen LogP contribution < -0.4 is 10.2 Å². The number of benzene rings is 1. The summed E-state index contributed by atoms with van der Waals surface area (Å²) in [6, 6.07) is 12.7. The Labute approximate surface area is 229 Å². The zero-order valence-electron chi connectivity index (χ0n) is 22.4. The molecule has 1 aromatic carbocycles. The lowest BCUT2D eigenvalue weighted by Crippen LogP contribution is -2.55. The number of hydrogen-bond acceptors (Lipinski definition) is 9. The van der Waals surface area contributed by atoms with Gasteiger partial charge in [-0.15, -0.1) is 0 Å². The van der Waals surface area contributed by atoms with Gasteiger partial charge in [-0.25, -0.2) is 15.0 Å². The van der Waals surface area contributed by atoms with E-state index in [1.165, 1.54) is 5.56 Å². The molecule has 0 radical (unpaired) electrons. The smallest absolute Gasteiger partial charge is 0.225 e. The minimum atomic E-state index is 0.0136. The van der Waals surface area contributed by atoms with Gasteiger partial charge in [0.1, 0.15) is 11.6 Å². The molecule has 0 saturated carbocycles. The van der Waals surface area contributed by atoms with Crippen molar-refractivity contribution in [3.05, 3.63) is 60.6 Å². The number of aliphatic hydroxyl groups excluding tert-OH is 1. The maximum Gasteiger partial charge on any atom is 0.225 e. The van der Waals surface area contributed by atoms with E-state index < -0.39 is 0 Å². The van der Waals surface area contributed by atoms with Gasteiger partial charge in [-0.05, 0) is 61.1 Å². The van der Waals surface area contributed by atoms with E-state index in [2.05, 4.69) is 37.1 Å². The Bertz CT molecular complexity index is 1280. The van der Waals surface area contributed by atoms with Crippen LogP contribution in [-0.4, -0.2) is 87.1 Å². The lowest BCUT2D eigenvalue weighted by Gasteiger charge is -2.40. The topological polar surface area (TPSA) is 97.7 Å². The summed E-state index contributed by atoms with van der Waals surface area (Å²) in [7, 11) is 0. The number of carbonyl (C=O) groups excluding carboxylic acids is 1. The van der Waals surface area contributed by atoms with E-state index in [4.69, 9.17) is 9.97 Å². The standard InChI is InChI=1S/C30H37N7O2/c38-21-27-19-35-12-13-36(27)18-22-4-1-5-25(14-22)34-29-15-23(9-10-31-29)24-16-32-30(33-17-24)37-11-3-7-26(37)6-2-8-28(39)20-35/h1,4-5,9-10,14-17,26-27,38H,2-3,6-8,11-13,18-21H2,(H,31,34). The number of aliphatic hydroxyl groups is 1. The van der Waals surface area contributed by atoms with Gasteiger partial charge in [0.15, 0.2) is 0 Å². The second-order valence-electron chi connectivity index (χ2n) is 11.0. The van der Waals surface area contributed by atoms with E-state index in [0.29, 0.717) is 25.6 Å². The van der Waals surface area contributed by atoms with Crippen molar-refractivity contribution < 1.29 is 9.90 Å². The van der Waals surface area contributed by atoms with Crippen LogP contribution in [0.4, 0.5) is 17.5 Å². The van der Waals surface area contributed by atoms with Gasteiger partial charge in [0.05, 0.1) is 13.2 Å². The quantitative estimate of drug-likeness (QED) is 0.493. The normalized spacial score (nSPS) is 25.8. The number of pyridine rings is 1. The molecule has 2 aromatic heterocycles. The number of ketones is 1. The summed E-state index contributed by atoms with van der Waals surface area (Å²) >= 11 is 0. The largest absolute Gasteiger partial charge is 0.395 e. The Morgan fingerprint density at radius 1 is 0.949 bits per heavy atom. The summed E-state index contributed by atoms with van der Waals surface area (Å²) in [5.41, 5.74) is 4.09. The highest BCUT2D eigenvalue weighted by Gasteiger charge is 2.29. The Hall–Kier alpha value is -3.40. The molecule has 8 heterocycles. The van der Waals surface area contributed by atoms with Crippen molar-refractivity contribution >= 4 is 23.2 Å². The molecule has 8 bridgehead atoms. The van der Waals surface area contributed by atoms with Crippen molar-refractivity contribution in [3.63, 3.8) is 0 Å². The SMILES string of the molecule is O=C1CCCC2CCCN2c2ncc(cn2)-c2ccnc(c2)Nc2cccc(c2)CN2CCN(C1)CC2CO. The van der Waals surface area contributed by atoms with Crippen molar-refractivity contribution in [2.45, 2.75) is 50.7 Å². The average Bonchev–Trinajstić information content (AvgIpc) is 3.42. The third kappa shape index (κ3) is 6.11. The Balaban J connectivity index is 1.28. The van der Waals surface area contributed by atoms with Crippen LogP contribution in [0.15, 0.2) is 55.0 Å². The van der Waals surface area contributed by atoms with Gasteiger partial charge in [-0.2, -0.15) is 0 Å². The van der Waals surface area contributed by atoms with E-state index in [-0.39, 0.29) is 18.4 Å². The fraction of sp³-hybridized carbons (Fsp3) is 0.467. The van der Waals surface area contributed by atoms with Crippen LogP contribution >= 0.6 is 0 Å². The molecule has 3 aromatic rings. The first-order valence-corrected chi connectivity index (χ1v) is 14.1. The molecule has 4 atom stereocenters. The molecule has 0 spiro atoms. The van der Waals surface area contributed by atoms with E-state index in [9.17, 15) is 9.90 Å². The van der Waals surface area contributed by atoms with Crippen LogP contribution in [0.3, 0.4) is 0 Å². The van der Waals surface area contributed by atoms with Crippen LogP contribution in [0.2, 0.25) is 0 Å². The van der Waals surface area contributed by atoms with E-state index >= 15 is 0 Å². The molecule has 204 valence electrons. The Morgan fingerprint density at radius 2 is 1.82 bits per heavy atom. The zero-order chi connectivity index (χ0) is 26.6. The monoisotopic (exact) mass is 527 g/mol. The molecule has 6 aliphatic heterocycles. The molecular formula is C30H37N7O2. The predicted octanol–water partition coefficient (Wildman–Crippen LogP) is 3.48. The third-order valence-corrected chi connectivity index (χ3v) is 8.24. The molecular weight excluding hydrogens is 490 g/mol. The van der Waals surface area contributed by atoms with Crippen LogP contribution in [0, 0.1) is 0 Å². The predicted molar refractivity (Wildman–Crippen MR) is 152 cm³/mol. The van der Waals surface area contributed by atoms with Crippen LogP contribution in [0.5, 0.6) is 0 Å². The lowest BCUT2D eigenvalue weighted by molar-refractivity contribution is -0.121. The number of nitrogens with zero attached hydrogens (tertiary/aromatic N) is 6. The summed E-state index contributed by atoms with van der Waals surface area (Å²) in [6.45, 7) is 4.62. The number of nitrogens with one attached hydrogen (secondary N) is 1. The van der Waals surface area contributed by atoms with Crippen molar-refractivity contribution in [2.75, 3.05) is 49.5 Å². The first-order chi connectivity index (χ1) is 19.1. The van der Waals surface area contributed by atoms with Gasteiger partial charge in [-0.1, -0.05) is 12.1 Å². The Kier molecular flexibility index (Phi) is 7.81. The lowest BCUT2D eigenvalue weighted by atomic mass is 10.0. The summed E-state index contributed by atoms with van der Waals surface area (Å²) < 4.78 is 0. The molecule has 0 amide bonds.